The van der Waals surface area contributed by atoms with Crippen LogP contribution in [0.4, 0.5) is 11.4 Å². The van der Waals surface area contributed by atoms with Gasteiger partial charge in [0.05, 0.1) is 23.5 Å². The molecule has 0 bridgehead atoms. The molecular formula is C15H21N3O2. The number of carbonyl (C=O) groups is 1. The zero-order valence-electron chi connectivity index (χ0n) is 11.4. The van der Waals surface area contributed by atoms with E-state index in [-0.39, 0.29) is 18.0 Å². The molecule has 1 saturated carbocycles. The van der Waals surface area contributed by atoms with E-state index in [1.165, 1.54) is 0 Å². The van der Waals surface area contributed by atoms with Gasteiger partial charge >= 0.3 is 0 Å². The van der Waals surface area contributed by atoms with E-state index in [1.54, 1.807) is 0 Å². The van der Waals surface area contributed by atoms with Crippen LogP contribution in [-0.2, 0) is 4.79 Å². The molecule has 4 N–H and O–H groups in total. The first-order valence-corrected chi connectivity index (χ1v) is 7.32. The predicted molar refractivity (Wildman–Crippen MR) is 78.7 cm³/mol. The number of nitrogens with one attached hydrogen (secondary N) is 3. The Morgan fingerprint density at radius 2 is 1.95 bits per heavy atom. The molecule has 0 spiro atoms. The molecule has 1 heterocycles. The summed E-state index contributed by atoms with van der Waals surface area (Å²) in [6, 6.07) is 7.46. The average Bonchev–Trinajstić information content (AvgIpc) is 2.49. The summed E-state index contributed by atoms with van der Waals surface area (Å²) in [5.74, 6) is -0.0436. The Morgan fingerprint density at radius 1 is 1.20 bits per heavy atom. The normalized spacial score (nSPS) is 28.8. The summed E-state index contributed by atoms with van der Waals surface area (Å²) in [4.78, 5) is 12.3. The fourth-order valence-corrected chi connectivity index (χ4v) is 2.94. The number of hydrogen-bond acceptors (Lipinski definition) is 4. The summed E-state index contributed by atoms with van der Waals surface area (Å²) in [7, 11) is 0. The second-order valence-corrected chi connectivity index (χ2v) is 5.59. The lowest BCUT2D eigenvalue weighted by atomic mass is 9.92. The van der Waals surface area contributed by atoms with Gasteiger partial charge in [0, 0.05) is 6.54 Å². The van der Waals surface area contributed by atoms with E-state index in [0.29, 0.717) is 6.54 Å². The van der Waals surface area contributed by atoms with Gasteiger partial charge in [0.25, 0.3) is 0 Å². The highest BCUT2D eigenvalue weighted by Crippen LogP contribution is 2.25. The van der Waals surface area contributed by atoms with Gasteiger partial charge in [0.2, 0.25) is 5.91 Å². The third kappa shape index (κ3) is 2.72. The SMILES string of the molecule is O=C(NC1CCCCC1O)C1CNc2ccccc2N1. The zero-order valence-corrected chi connectivity index (χ0v) is 11.4. The Morgan fingerprint density at radius 3 is 2.75 bits per heavy atom. The maximum Gasteiger partial charge on any atom is 0.244 e. The summed E-state index contributed by atoms with van der Waals surface area (Å²) in [6.45, 7) is 0.561. The van der Waals surface area contributed by atoms with Gasteiger partial charge in [-0.1, -0.05) is 25.0 Å². The van der Waals surface area contributed by atoms with Crippen LogP contribution >= 0.6 is 0 Å². The third-order valence-electron chi connectivity index (χ3n) is 4.13. The zero-order chi connectivity index (χ0) is 13.9. The Bertz CT molecular complexity index is 492. The fraction of sp³-hybridized carbons (Fsp3) is 0.533. The molecule has 5 nitrogen and oxygen atoms in total. The molecule has 0 saturated heterocycles. The van der Waals surface area contributed by atoms with E-state index < -0.39 is 6.10 Å². The summed E-state index contributed by atoms with van der Waals surface area (Å²) in [6.07, 6.45) is 3.36. The Balaban J connectivity index is 1.61. The van der Waals surface area contributed by atoms with Crippen LogP contribution in [0, 0.1) is 0 Å². The van der Waals surface area contributed by atoms with Gasteiger partial charge < -0.3 is 21.1 Å². The van der Waals surface area contributed by atoms with Crippen LogP contribution < -0.4 is 16.0 Å². The number of fused-ring (bicyclic) bond motifs is 1. The lowest BCUT2D eigenvalue weighted by Crippen LogP contribution is -2.53. The van der Waals surface area contributed by atoms with E-state index in [1.807, 2.05) is 24.3 Å². The number of aliphatic hydroxyl groups is 1. The van der Waals surface area contributed by atoms with Gasteiger partial charge in [-0.25, -0.2) is 0 Å². The molecule has 1 aromatic carbocycles. The van der Waals surface area contributed by atoms with Crippen LogP contribution in [-0.4, -0.2) is 35.7 Å². The predicted octanol–water partition coefficient (Wildman–Crippen LogP) is 1.31. The van der Waals surface area contributed by atoms with Crippen LogP contribution in [0.15, 0.2) is 24.3 Å². The molecule has 3 atom stereocenters. The lowest BCUT2D eigenvalue weighted by molar-refractivity contribution is -0.123. The molecular weight excluding hydrogens is 254 g/mol. The van der Waals surface area contributed by atoms with Crippen molar-refractivity contribution in [3.8, 4) is 0 Å². The molecule has 1 amide bonds. The monoisotopic (exact) mass is 275 g/mol. The van der Waals surface area contributed by atoms with E-state index in [4.69, 9.17) is 0 Å². The number of hydrogen-bond donors (Lipinski definition) is 4. The molecule has 1 aromatic rings. The lowest BCUT2D eigenvalue weighted by Gasteiger charge is -2.32. The molecule has 1 fully saturated rings. The second-order valence-electron chi connectivity index (χ2n) is 5.59. The number of para-hydroxylation sites is 2. The average molecular weight is 275 g/mol. The quantitative estimate of drug-likeness (QED) is 0.657. The molecule has 3 rings (SSSR count). The van der Waals surface area contributed by atoms with E-state index in [0.717, 1.165) is 37.1 Å². The molecule has 108 valence electrons. The molecule has 20 heavy (non-hydrogen) atoms. The van der Waals surface area contributed by atoms with Crippen LogP contribution in [0.3, 0.4) is 0 Å². The van der Waals surface area contributed by atoms with Crippen molar-refractivity contribution < 1.29 is 9.90 Å². The largest absolute Gasteiger partial charge is 0.391 e. The summed E-state index contributed by atoms with van der Waals surface area (Å²) in [5.41, 5.74) is 1.97. The Labute approximate surface area is 118 Å². The molecule has 0 aromatic heterocycles. The minimum Gasteiger partial charge on any atom is -0.391 e. The first-order chi connectivity index (χ1) is 9.74. The number of anilines is 2. The standard InChI is InChI=1S/C15H21N3O2/c19-14-8-4-3-7-12(14)18-15(20)13-9-16-10-5-1-2-6-11(10)17-13/h1-2,5-6,12-14,16-17,19H,3-4,7-9H2,(H,18,20). The van der Waals surface area contributed by atoms with Crippen molar-refractivity contribution in [1.82, 2.24) is 5.32 Å². The number of benzene rings is 1. The highest BCUT2D eigenvalue weighted by molar-refractivity contribution is 5.88. The Hall–Kier alpha value is -1.75. The van der Waals surface area contributed by atoms with Gasteiger partial charge in [-0.05, 0) is 25.0 Å². The summed E-state index contributed by atoms with van der Waals surface area (Å²) < 4.78 is 0. The van der Waals surface area contributed by atoms with E-state index in [9.17, 15) is 9.90 Å². The summed E-state index contributed by atoms with van der Waals surface area (Å²) in [5, 5.41) is 19.4. The van der Waals surface area contributed by atoms with Crippen LogP contribution in [0.5, 0.6) is 0 Å². The number of rotatable bonds is 2. The first-order valence-electron chi connectivity index (χ1n) is 7.32. The number of amides is 1. The van der Waals surface area contributed by atoms with Crippen molar-refractivity contribution in [1.29, 1.82) is 0 Å². The smallest absolute Gasteiger partial charge is 0.244 e. The van der Waals surface area contributed by atoms with Crippen molar-refractivity contribution in [2.45, 2.75) is 43.9 Å². The molecule has 5 heteroatoms. The van der Waals surface area contributed by atoms with Gasteiger partial charge in [-0.15, -0.1) is 0 Å². The van der Waals surface area contributed by atoms with Gasteiger partial charge in [0.15, 0.2) is 0 Å². The third-order valence-corrected chi connectivity index (χ3v) is 4.13. The highest BCUT2D eigenvalue weighted by Gasteiger charge is 2.29. The van der Waals surface area contributed by atoms with Crippen molar-refractivity contribution in [2.75, 3.05) is 17.2 Å². The van der Waals surface area contributed by atoms with E-state index >= 15 is 0 Å². The van der Waals surface area contributed by atoms with Gasteiger partial charge in [-0.3, -0.25) is 4.79 Å². The van der Waals surface area contributed by atoms with Gasteiger partial charge in [-0.2, -0.15) is 0 Å². The first kappa shape index (κ1) is 13.2. The van der Waals surface area contributed by atoms with Crippen LogP contribution in [0.25, 0.3) is 0 Å². The number of carbonyl (C=O) groups excluding carboxylic acids is 1. The molecule has 3 unspecified atom stereocenters. The van der Waals surface area contributed by atoms with Crippen LogP contribution in [0.2, 0.25) is 0 Å². The minimum absolute atomic E-state index is 0.0436. The van der Waals surface area contributed by atoms with E-state index in [2.05, 4.69) is 16.0 Å². The Kier molecular flexibility index (Phi) is 3.78. The van der Waals surface area contributed by atoms with Crippen molar-refractivity contribution >= 4 is 17.3 Å². The molecule has 0 radical (unpaired) electrons. The summed E-state index contributed by atoms with van der Waals surface area (Å²) >= 11 is 0. The van der Waals surface area contributed by atoms with Crippen molar-refractivity contribution in [3.63, 3.8) is 0 Å². The number of aliphatic hydroxyl groups excluding tert-OH is 1. The van der Waals surface area contributed by atoms with Crippen LogP contribution in [0.1, 0.15) is 25.7 Å². The highest BCUT2D eigenvalue weighted by atomic mass is 16.3. The molecule has 1 aliphatic heterocycles. The molecule has 2 aliphatic rings. The molecule has 1 aliphatic carbocycles. The fourth-order valence-electron chi connectivity index (χ4n) is 2.94. The van der Waals surface area contributed by atoms with Gasteiger partial charge in [0.1, 0.15) is 6.04 Å². The maximum absolute atomic E-state index is 12.3. The maximum atomic E-state index is 12.3. The topological polar surface area (TPSA) is 73.4 Å². The van der Waals surface area contributed by atoms with Crippen molar-refractivity contribution in [2.24, 2.45) is 0 Å². The minimum atomic E-state index is -0.406. The second kappa shape index (κ2) is 5.71. The van der Waals surface area contributed by atoms with Crippen molar-refractivity contribution in [3.05, 3.63) is 24.3 Å².